The van der Waals surface area contributed by atoms with Crippen molar-refractivity contribution in [2.24, 2.45) is 5.92 Å². The molecule has 1 fully saturated rings. The molecule has 1 N–H and O–H groups in total. The summed E-state index contributed by atoms with van der Waals surface area (Å²) in [6.07, 6.45) is 9.95. The van der Waals surface area contributed by atoms with E-state index in [1.807, 2.05) is 0 Å². The Balaban J connectivity index is 1.95. The third-order valence-corrected chi connectivity index (χ3v) is 4.63. The van der Waals surface area contributed by atoms with Crippen molar-refractivity contribution in [2.75, 3.05) is 18.1 Å². The van der Waals surface area contributed by atoms with Crippen LogP contribution >= 0.6 is 11.8 Å². The first kappa shape index (κ1) is 14.4. The maximum Gasteiger partial charge on any atom is 0.00672 e. The molecule has 0 aromatic carbocycles. The fraction of sp³-hybridized carbons (Fsp3) is 1.00. The first-order chi connectivity index (χ1) is 7.86. The van der Waals surface area contributed by atoms with Crippen LogP contribution in [0.1, 0.15) is 58.8 Å². The molecule has 2 heteroatoms. The summed E-state index contributed by atoms with van der Waals surface area (Å²) in [6.45, 7) is 5.79. The second-order valence-corrected chi connectivity index (χ2v) is 6.40. The molecule has 0 aromatic heterocycles. The molecule has 0 aliphatic heterocycles. The van der Waals surface area contributed by atoms with Gasteiger partial charge in [-0.2, -0.15) is 11.8 Å². The normalized spacial score (nSPS) is 25.9. The highest BCUT2D eigenvalue weighted by Crippen LogP contribution is 2.27. The lowest BCUT2D eigenvalue weighted by Crippen LogP contribution is -2.34. The average Bonchev–Trinajstić information content (AvgIpc) is 2.31. The topological polar surface area (TPSA) is 12.0 Å². The number of thioether (sulfide) groups is 1. The van der Waals surface area contributed by atoms with Gasteiger partial charge in [0, 0.05) is 6.04 Å². The molecule has 0 aromatic rings. The average molecular weight is 243 g/mol. The summed E-state index contributed by atoms with van der Waals surface area (Å²) in [5, 5.41) is 3.73. The Morgan fingerprint density at radius 2 is 1.88 bits per heavy atom. The molecular weight excluding hydrogens is 214 g/mol. The number of rotatable bonds is 8. The summed E-state index contributed by atoms with van der Waals surface area (Å²) in [4.78, 5) is 0. The van der Waals surface area contributed by atoms with E-state index >= 15 is 0 Å². The molecule has 0 unspecified atom stereocenters. The van der Waals surface area contributed by atoms with Crippen LogP contribution in [0.15, 0.2) is 0 Å². The molecular formula is C14H29NS. The number of hydrogen-bond donors (Lipinski definition) is 1. The van der Waals surface area contributed by atoms with E-state index in [0.29, 0.717) is 0 Å². The minimum atomic E-state index is 0.833. The van der Waals surface area contributed by atoms with E-state index in [4.69, 9.17) is 0 Å². The molecule has 1 aliphatic rings. The summed E-state index contributed by atoms with van der Waals surface area (Å²) >= 11 is 2.06. The van der Waals surface area contributed by atoms with Gasteiger partial charge in [-0.05, 0) is 56.1 Å². The van der Waals surface area contributed by atoms with E-state index in [1.54, 1.807) is 0 Å². The fourth-order valence-corrected chi connectivity index (χ4v) is 3.33. The van der Waals surface area contributed by atoms with Crippen LogP contribution in [0, 0.1) is 5.92 Å². The third-order valence-electron chi connectivity index (χ3n) is 3.65. The quantitative estimate of drug-likeness (QED) is 0.645. The van der Waals surface area contributed by atoms with Crippen molar-refractivity contribution in [3.63, 3.8) is 0 Å². The van der Waals surface area contributed by atoms with Gasteiger partial charge in [0.25, 0.3) is 0 Å². The first-order valence-electron chi connectivity index (χ1n) is 7.18. The molecule has 16 heavy (non-hydrogen) atoms. The number of nitrogens with one attached hydrogen (secondary N) is 1. The van der Waals surface area contributed by atoms with Gasteiger partial charge in [0.05, 0.1) is 0 Å². The predicted octanol–water partition coefficient (Wildman–Crippen LogP) is 4.08. The Morgan fingerprint density at radius 3 is 2.50 bits per heavy atom. The van der Waals surface area contributed by atoms with Crippen LogP contribution in [0.25, 0.3) is 0 Å². The van der Waals surface area contributed by atoms with E-state index in [0.717, 1.165) is 12.0 Å². The molecule has 0 heterocycles. The molecule has 0 radical (unpaired) electrons. The second kappa shape index (κ2) is 9.35. The summed E-state index contributed by atoms with van der Waals surface area (Å²) in [5.41, 5.74) is 0. The van der Waals surface area contributed by atoms with Gasteiger partial charge in [0.2, 0.25) is 0 Å². The molecule has 0 saturated heterocycles. The Hall–Kier alpha value is 0.310. The van der Waals surface area contributed by atoms with Gasteiger partial charge in [-0.25, -0.2) is 0 Å². The Morgan fingerprint density at radius 1 is 1.12 bits per heavy atom. The van der Waals surface area contributed by atoms with Crippen molar-refractivity contribution >= 4 is 11.8 Å². The molecule has 96 valence electrons. The molecule has 1 aliphatic carbocycles. The van der Waals surface area contributed by atoms with Crippen LogP contribution in [-0.4, -0.2) is 24.1 Å². The summed E-state index contributed by atoms with van der Waals surface area (Å²) < 4.78 is 0. The lowest BCUT2D eigenvalue weighted by Gasteiger charge is -2.29. The van der Waals surface area contributed by atoms with Crippen molar-refractivity contribution in [3.8, 4) is 0 Å². The van der Waals surface area contributed by atoms with Gasteiger partial charge in [0.15, 0.2) is 0 Å². The highest BCUT2D eigenvalue weighted by atomic mass is 32.2. The molecule has 1 nitrogen and oxygen atoms in total. The smallest absolute Gasteiger partial charge is 0.00672 e. The van der Waals surface area contributed by atoms with E-state index in [9.17, 15) is 0 Å². The monoisotopic (exact) mass is 243 g/mol. The molecule has 0 spiro atoms. The van der Waals surface area contributed by atoms with Crippen LogP contribution in [0.3, 0.4) is 0 Å². The first-order valence-corrected chi connectivity index (χ1v) is 8.33. The van der Waals surface area contributed by atoms with Crippen LogP contribution < -0.4 is 5.32 Å². The standard InChI is InChI=1S/C14H29NS/c1-3-6-13-7-9-14(10-8-13)15-11-5-12-16-4-2/h13-15H,3-12H2,1-2H3. The summed E-state index contributed by atoms with van der Waals surface area (Å²) in [5.74, 6) is 3.63. The fourth-order valence-electron chi connectivity index (χ4n) is 2.69. The molecule has 0 atom stereocenters. The van der Waals surface area contributed by atoms with E-state index in [-0.39, 0.29) is 0 Å². The van der Waals surface area contributed by atoms with Crippen LogP contribution in [0.5, 0.6) is 0 Å². The minimum absolute atomic E-state index is 0.833. The van der Waals surface area contributed by atoms with Gasteiger partial charge >= 0.3 is 0 Å². The Bertz CT molecular complexity index is 153. The largest absolute Gasteiger partial charge is 0.314 e. The minimum Gasteiger partial charge on any atom is -0.314 e. The van der Waals surface area contributed by atoms with Crippen molar-refractivity contribution in [3.05, 3.63) is 0 Å². The maximum atomic E-state index is 3.73. The summed E-state index contributed by atoms with van der Waals surface area (Å²) in [7, 11) is 0. The SMILES string of the molecule is CCCC1CCC(NCCCSCC)CC1. The van der Waals surface area contributed by atoms with Crippen molar-refractivity contribution < 1.29 is 0 Å². The highest BCUT2D eigenvalue weighted by Gasteiger charge is 2.19. The van der Waals surface area contributed by atoms with Gasteiger partial charge in [-0.3, -0.25) is 0 Å². The predicted molar refractivity (Wildman–Crippen MR) is 76.3 cm³/mol. The highest BCUT2D eigenvalue weighted by molar-refractivity contribution is 7.99. The zero-order valence-electron chi connectivity index (χ0n) is 11.1. The van der Waals surface area contributed by atoms with Gasteiger partial charge < -0.3 is 5.32 Å². The Labute approximate surface area is 106 Å². The number of hydrogen-bond acceptors (Lipinski definition) is 2. The molecule has 0 amide bonds. The van der Waals surface area contributed by atoms with Crippen LogP contribution in [-0.2, 0) is 0 Å². The lowest BCUT2D eigenvalue weighted by molar-refractivity contribution is 0.279. The molecule has 1 saturated carbocycles. The van der Waals surface area contributed by atoms with Crippen LogP contribution in [0.4, 0.5) is 0 Å². The zero-order chi connectivity index (χ0) is 11.6. The van der Waals surface area contributed by atoms with Crippen molar-refractivity contribution in [1.82, 2.24) is 5.32 Å². The summed E-state index contributed by atoms with van der Waals surface area (Å²) in [6, 6.07) is 0.833. The van der Waals surface area contributed by atoms with E-state index in [2.05, 4.69) is 30.9 Å². The lowest BCUT2D eigenvalue weighted by atomic mass is 9.83. The van der Waals surface area contributed by atoms with E-state index < -0.39 is 0 Å². The molecule has 1 rings (SSSR count). The molecule has 0 bridgehead atoms. The second-order valence-electron chi connectivity index (χ2n) is 5.01. The third kappa shape index (κ3) is 6.15. The van der Waals surface area contributed by atoms with Gasteiger partial charge in [-0.15, -0.1) is 0 Å². The van der Waals surface area contributed by atoms with Gasteiger partial charge in [0.1, 0.15) is 0 Å². The Kier molecular flexibility index (Phi) is 8.40. The van der Waals surface area contributed by atoms with E-state index in [1.165, 1.54) is 63.0 Å². The van der Waals surface area contributed by atoms with Crippen LogP contribution in [0.2, 0.25) is 0 Å². The zero-order valence-corrected chi connectivity index (χ0v) is 12.0. The van der Waals surface area contributed by atoms with Gasteiger partial charge in [-0.1, -0.05) is 26.7 Å². The maximum absolute atomic E-state index is 3.73. The van der Waals surface area contributed by atoms with Crippen molar-refractivity contribution in [1.29, 1.82) is 0 Å². The van der Waals surface area contributed by atoms with Crippen molar-refractivity contribution in [2.45, 2.75) is 64.8 Å².